The molecule has 0 radical (unpaired) electrons. The number of aromatic nitrogens is 2. The van der Waals surface area contributed by atoms with Crippen LogP contribution in [0.15, 0.2) is 225 Å². The lowest BCUT2D eigenvalue weighted by Gasteiger charge is -2.14. The summed E-state index contributed by atoms with van der Waals surface area (Å²) < 4.78 is 39.6. The molecule has 0 aliphatic heterocycles. The average molecular weight is 1390 g/mol. The van der Waals surface area contributed by atoms with Gasteiger partial charge in [-0.1, -0.05) is 100 Å². The summed E-state index contributed by atoms with van der Waals surface area (Å²) in [5.74, 6) is 4.54. The molecule has 4 atom stereocenters. The van der Waals surface area contributed by atoms with Crippen molar-refractivity contribution < 1.29 is 67.0 Å². The first-order chi connectivity index (χ1) is 49.1. The predicted molar refractivity (Wildman–Crippen MR) is 406 cm³/mol. The average Bonchev–Trinajstić information content (AvgIpc) is 0.856. The Labute approximate surface area is 600 Å². The molecule has 0 fully saturated rings. The Bertz CT molecular complexity index is 4200. The van der Waals surface area contributed by atoms with Crippen LogP contribution in [0.1, 0.15) is 129 Å². The number of amides is 1. The van der Waals surface area contributed by atoms with Crippen molar-refractivity contribution in [3.8, 4) is 34.5 Å². The molecule has 536 valence electrons. The maximum Gasteiger partial charge on any atom is 0.330 e. The minimum Gasteiger partial charge on any atom is -0.497 e. The highest BCUT2D eigenvalue weighted by atomic mass is 16.5. The Balaban J connectivity index is 0.000000225. The Hall–Kier alpha value is -11.5. The number of Topliss-reactive ketones (excluding diaryl/α,β-unsaturated/α-hetero) is 1. The second-order valence-corrected chi connectivity index (χ2v) is 23.7. The molecule has 0 saturated carbocycles. The van der Waals surface area contributed by atoms with E-state index in [4.69, 9.17) is 33.5 Å². The van der Waals surface area contributed by atoms with E-state index in [1.165, 1.54) is 31.2 Å². The predicted octanol–water partition coefficient (Wildman–Crippen LogP) is 18.0. The van der Waals surface area contributed by atoms with Gasteiger partial charge in [-0.2, -0.15) is 0 Å². The first kappa shape index (κ1) is 81.1. The molecule has 0 aliphatic carbocycles. The fraction of sp³-hybridized carbons (Fsp3) is 0.274. The van der Waals surface area contributed by atoms with Gasteiger partial charge in [-0.05, 0) is 211 Å². The number of carbonyl (C=O) groups is 5. The summed E-state index contributed by atoms with van der Waals surface area (Å²) in [4.78, 5) is 64.3. The summed E-state index contributed by atoms with van der Waals surface area (Å²) in [6, 6.07) is 65.9. The van der Waals surface area contributed by atoms with Crippen LogP contribution < -0.4 is 39.1 Å². The first-order valence-electron chi connectivity index (χ1n) is 33.3. The molecule has 0 bridgehead atoms. The van der Waals surface area contributed by atoms with Crippen LogP contribution in [-0.4, -0.2) is 108 Å². The van der Waals surface area contributed by atoms with Crippen LogP contribution in [-0.2, 0) is 28.7 Å². The zero-order valence-corrected chi connectivity index (χ0v) is 60.9. The Kier molecular flexibility index (Phi) is 34.8. The summed E-state index contributed by atoms with van der Waals surface area (Å²) in [5.41, 5.74) is 11.0. The molecule has 2 aromatic heterocycles. The van der Waals surface area contributed by atoms with Crippen molar-refractivity contribution in [3.63, 3.8) is 0 Å². The lowest BCUT2D eigenvalue weighted by Crippen LogP contribution is -2.14. The van der Waals surface area contributed by atoms with Gasteiger partial charge in [0.15, 0.2) is 5.78 Å². The van der Waals surface area contributed by atoms with Gasteiger partial charge in [-0.15, -0.1) is 0 Å². The number of methoxy groups -OCH3 is 8. The summed E-state index contributed by atoms with van der Waals surface area (Å²) in [7, 11) is 12.6. The van der Waals surface area contributed by atoms with Crippen molar-refractivity contribution in [1.82, 2.24) is 9.97 Å². The molecule has 4 unspecified atom stereocenters. The number of carboxylic acid groups (broad SMARTS) is 1. The minimum atomic E-state index is -0.770. The molecule has 2 heterocycles. The number of carbonyl (C=O) groups excluding carboxylic acids is 4. The van der Waals surface area contributed by atoms with Crippen LogP contribution in [0.2, 0.25) is 0 Å². The van der Waals surface area contributed by atoms with Crippen molar-refractivity contribution in [2.45, 2.75) is 90.9 Å². The third-order valence-electron chi connectivity index (χ3n) is 16.4. The van der Waals surface area contributed by atoms with E-state index in [1.54, 1.807) is 80.0 Å². The molecule has 10 rings (SSSR count). The summed E-state index contributed by atoms with van der Waals surface area (Å²) >= 11 is 0. The van der Waals surface area contributed by atoms with Gasteiger partial charge in [0.2, 0.25) is 5.91 Å². The number of hydrogen-bond donors (Lipinski definition) is 3. The van der Waals surface area contributed by atoms with Gasteiger partial charge in [0.25, 0.3) is 0 Å². The standard InChI is InChI=1S/C20H20N2O2.C20H22N2O.C12H16O3.C12H14O3.C11H14O3.C9H10O2/c1-14(15-5-8-18(24-2)9-6-15)12-20(23)22-17-7-10-19-16(13-17)4-3-11-21-19;1-15(16-5-8-19(23-2)9-6-16)11-13-21-18-7-10-20-17(14-18)4-3-12-22-20;2*1-9(8-12(13)15-3)10-4-6-11(14-2)7-5-10;1-8(7-11(12)13)9-3-5-10(14-2)6-4-9;1-7(10)8-3-5-9(11-2)6-4-8/h3-11,13-14H,12H2,1-2H3,(H,22,23);3-10,12,14-15,21H,11,13H2,1-2H3;4-7,9H,8H2,1-3H3;4-8H,1-3H3;3-6,8H,7H2,1-2H3,(H,12,13);3-6H,1-2H3/b;;;9-8+;;. The van der Waals surface area contributed by atoms with E-state index in [9.17, 15) is 24.0 Å². The van der Waals surface area contributed by atoms with Gasteiger partial charge in [-0.3, -0.25) is 29.1 Å². The van der Waals surface area contributed by atoms with Crippen LogP contribution in [0.4, 0.5) is 11.4 Å². The zero-order chi connectivity index (χ0) is 74.3. The van der Waals surface area contributed by atoms with Gasteiger partial charge in [-0.25, -0.2) is 4.79 Å². The molecule has 0 aliphatic rings. The molecule has 0 spiro atoms. The number of aliphatic carboxylic acids is 1. The zero-order valence-electron chi connectivity index (χ0n) is 60.9. The van der Waals surface area contributed by atoms with Crippen LogP contribution in [0.3, 0.4) is 0 Å². The number of anilines is 2. The van der Waals surface area contributed by atoms with Crippen molar-refractivity contribution in [2.24, 2.45) is 0 Å². The van der Waals surface area contributed by atoms with Crippen molar-refractivity contribution in [1.29, 1.82) is 0 Å². The topological polar surface area (TPSA) is 229 Å². The number of nitrogens with one attached hydrogen (secondary N) is 2. The number of rotatable bonds is 24. The molecular formula is C84H96N4O14. The molecule has 1 amide bonds. The number of pyridine rings is 2. The second kappa shape index (κ2) is 43.8. The van der Waals surface area contributed by atoms with E-state index in [0.29, 0.717) is 24.3 Å². The molecule has 0 saturated heterocycles. The second-order valence-electron chi connectivity index (χ2n) is 23.7. The number of esters is 2. The quantitative estimate of drug-likeness (QED) is 0.0290. The minimum absolute atomic E-state index is 0.00144. The SMILES string of the molecule is COC(=O)/C=C(\C)c1ccc(OC)cc1.COC(=O)CC(C)c1ccc(OC)cc1.COc1ccc(C(C)=O)cc1.COc1ccc(C(C)CC(=O)Nc2ccc3ncccc3c2)cc1.COc1ccc(C(C)CC(=O)O)cc1.COc1ccc(C(C)CCNc2ccc3ncccc3c2)cc1. The maximum atomic E-state index is 12.3. The highest BCUT2D eigenvalue weighted by Crippen LogP contribution is 2.28. The highest BCUT2D eigenvalue weighted by molar-refractivity contribution is 5.95. The summed E-state index contributed by atoms with van der Waals surface area (Å²) in [6.45, 7) is 12.5. The number of benzene rings is 8. The van der Waals surface area contributed by atoms with Crippen LogP contribution in [0.5, 0.6) is 34.5 Å². The molecule has 10 aromatic rings. The number of allylic oxidation sites excluding steroid dienone is 1. The van der Waals surface area contributed by atoms with Gasteiger partial charge >= 0.3 is 17.9 Å². The third-order valence-corrected chi connectivity index (χ3v) is 16.4. The van der Waals surface area contributed by atoms with Crippen LogP contribution in [0.25, 0.3) is 27.4 Å². The van der Waals surface area contributed by atoms with Crippen molar-refractivity contribution >= 4 is 68.4 Å². The molecular weight excluding hydrogens is 1290 g/mol. The number of ketones is 1. The monoisotopic (exact) mass is 1380 g/mol. The molecule has 18 heteroatoms. The van der Waals surface area contributed by atoms with Gasteiger partial charge in [0, 0.05) is 59.1 Å². The van der Waals surface area contributed by atoms with E-state index in [2.05, 4.69) is 73.4 Å². The van der Waals surface area contributed by atoms with Crippen molar-refractivity contribution in [3.05, 3.63) is 258 Å². The molecule has 3 N–H and O–H groups in total. The number of ether oxygens (including phenoxy) is 8. The lowest BCUT2D eigenvalue weighted by molar-refractivity contribution is -0.141. The molecule has 8 aromatic carbocycles. The number of hydrogen-bond acceptors (Lipinski definition) is 16. The number of carboxylic acids is 1. The fourth-order valence-corrected chi connectivity index (χ4v) is 10.1. The van der Waals surface area contributed by atoms with Gasteiger partial charge in [0.05, 0.1) is 80.8 Å². The number of fused-ring (bicyclic) bond motifs is 2. The summed E-state index contributed by atoms with van der Waals surface area (Å²) in [5, 5.41) is 17.3. The van der Waals surface area contributed by atoms with E-state index in [1.807, 2.05) is 179 Å². The Morgan fingerprint density at radius 2 is 0.784 bits per heavy atom. The normalized spacial score (nSPS) is 11.6. The van der Waals surface area contributed by atoms with Crippen LogP contribution in [0, 0.1) is 0 Å². The van der Waals surface area contributed by atoms with E-state index in [0.717, 1.165) is 103 Å². The van der Waals surface area contributed by atoms with Gasteiger partial charge < -0.3 is 53.6 Å². The Morgan fingerprint density at radius 3 is 1.17 bits per heavy atom. The highest BCUT2D eigenvalue weighted by Gasteiger charge is 2.15. The molecule has 18 nitrogen and oxygen atoms in total. The first-order valence-corrected chi connectivity index (χ1v) is 33.3. The largest absolute Gasteiger partial charge is 0.497 e. The van der Waals surface area contributed by atoms with Crippen LogP contribution >= 0.6 is 0 Å². The van der Waals surface area contributed by atoms with E-state index < -0.39 is 5.97 Å². The van der Waals surface area contributed by atoms with Crippen molar-refractivity contribution in [2.75, 3.05) is 74.1 Å². The smallest absolute Gasteiger partial charge is 0.330 e. The van der Waals surface area contributed by atoms with E-state index >= 15 is 0 Å². The van der Waals surface area contributed by atoms with Gasteiger partial charge in [0.1, 0.15) is 34.5 Å². The summed E-state index contributed by atoms with van der Waals surface area (Å²) in [6.07, 6.45) is 7.12. The van der Waals surface area contributed by atoms with E-state index in [-0.39, 0.29) is 47.8 Å². The Morgan fingerprint density at radius 1 is 0.422 bits per heavy atom. The maximum absolute atomic E-state index is 12.3. The number of nitrogens with zero attached hydrogens (tertiary/aromatic N) is 2. The third kappa shape index (κ3) is 28.4. The fourth-order valence-electron chi connectivity index (χ4n) is 10.1. The molecule has 102 heavy (non-hydrogen) atoms. The lowest BCUT2D eigenvalue weighted by atomic mass is 9.97.